The van der Waals surface area contributed by atoms with E-state index in [1.807, 2.05) is 24.3 Å². The van der Waals surface area contributed by atoms with Gasteiger partial charge in [-0.3, -0.25) is 4.79 Å². The van der Waals surface area contributed by atoms with Gasteiger partial charge in [0.1, 0.15) is 11.6 Å². The first-order valence-corrected chi connectivity index (χ1v) is 9.17. The molecule has 1 amide bonds. The van der Waals surface area contributed by atoms with Crippen LogP contribution in [0.5, 0.6) is 5.75 Å². The second-order valence-corrected chi connectivity index (χ2v) is 6.75. The van der Waals surface area contributed by atoms with Gasteiger partial charge in [0.15, 0.2) is 0 Å². The number of rotatable bonds is 4. The van der Waals surface area contributed by atoms with Gasteiger partial charge < -0.3 is 14.2 Å². The van der Waals surface area contributed by atoms with Crippen molar-refractivity contribution in [2.45, 2.75) is 18.8 Å². The van der Waals surface area contributed by atoms with Gasteiger partial charge in [-0.05, 0) is 49.2 Å². The Morgan fingerprint density at radius 3 is 2.79 bits per heavy atom. The van der Waals surface area contributed by atoms with Crippen LogP contribution in [0.4, 0.5) is 4.39 Å². The van der Waals surface area contributed by atoms with Crippen molar-refractivity contribution < 1.29 is 18.4 Å². The van der Waals surface area contributed by atoms with Crippen molar-refractivity contribution in [3.8, 4) is 17.1 Å². The van der Waals surface area contributed by atoms with Gasteiger partial charge in [-0.2, -0.15) is 4.98 Å². The van der Waals surface area contributed by atoms with Crippen molar-refractivity contribution in [2.75, 3.05) is 20.2 Å². The van der Waals surface area contributed by atoms with Crippen molar-refractivity contribution in [2.24, 2.45) is 0 Å². The summed E-state index contributed by atoms with van der Waals surface area (Å²) in [4.78, 5) is 19.0. The van der Waals surface area contributed by atoms with Gasteiger partial charge in [0, 0.05) is 18.7 Å². The number of hydrogen-bond acceptors (Lipinski definition) is 5. The molecule has 28 heavy (non-hydrogen) atoms. The second kappa shape index (κ2) is 7.80. The average Bonchev–Trinajstić information content (AvgIpc) is 3.24. The Morgan fingerprint density at radius 1 is 1.21 bits per heavy atom. The summed E-state index contributed by atoms with van der Waals surface area (Å²) >= 11 is 0. The van der Waals surface area contributed by atoms with Gasteiger partial charge in [0.05, 0.1) is 18.6 Å². The maximum atomic E-state index is 13.1. The molecule has 7 heteroatoms. The van der Waals surface area contributed by atoms with E-state index in [-0.39, 0.29) is 17.6 Å². The Kier molecular flexibility index (Phi) is 5.06. The number of benzene rings is 2. The summed E-state index contributed by atoms with van der Waals surface area (Å²) < 4.78 is 24.0. The molecule has 1 saturated heterocycles. The fourth-order valence-corrected chi connectivity index (χ4v) is 3.48. The van der Waals surface area contributed by atoms with Gasteiger partial charge in [0.25, 0.3) is 5.91 Å². The van der Waals surface area contributed by atoms with E-state index in [9.17, 15) is 9.18 Å². The zero-order chi connectivity index (χ0) is 19.5. The third-order valence-corrected chi connectivity index (χ3v) is 4.94. The minimum absolute atomic E-state index is 0.0332. The minimum atomic E-state index is -0.359. The van der Waals surface area contributed by atoms with Gasteiger partial charge in [0.2, 0.25) is 11.7 Å². The first-order chi connectivity index (χ1) is 13.7. The molecule has 1 atom stereocenters. The van der Waals surface area contributed by atoms with Gasteiger partial charge in [-0.15, -0.1) is 0 Å². The van der Waals surface area contributed by atoms with Crippen LogP contribution in [-0.4, -0.2) is 41.1 Å². The number of carbonyl (C=O) groups excluding carboxylic acids is 1. The van der Waals surface area contributed by atoms with Gasteiger partial charge in [-0.1, -0.05) is 17.3 Å². The smallest absolute Gasteiger partial charge is 0.253 e. The van der Waals surface area contributed by atoms with E-state index in [4.69, 9.17) is 9.26 Å². The number of para-hydroxylation sites is 1. The molecule has 2 heterocycles. The highest BCUT2D eigenvalue weighted by atomic mass is 19.1. The third-order valence-electron chi connectivity index (χ3n) is 4.94. The number of likely N-dealkylation sites (tertiary alicyclic amines) is 1. The van der Waals surface area contributed by atoms with E-state index in [0.29, 0.717) is 36.1 Å². The summed E-state index contributed by atoms with van der Waals surface area (Å²) in [6.07, 6.45) is 1.70. The molecule has 0 unspecified atom stereocenters. The summed E-state index contributed by atoms with van der Waals surface area (Å²) in [6.45, 7) is 1.14. The fourth-order valence-electron chi connectivity index (χ4n) is 3.48. The summed E-state index contributed by atoms with van der Waals surface area (Å²) in [5.74, 6) is 1.14. The van der Waals surface area contributed by atoms with Crippen LogP contribution in [0.1, 0.15) is 35.0 Å². The maximum absolute atomic E-state index is 13.1. The van der Waals surface area contributed by atoms with Crippen molar-refractivity contribution in [3.05, 3.63) is 65.8 Å². The Balaban J connectivity index is 1.51. The predicted octanol–water partition coefficient (Wildman–Crippen LogP) is 3.90. The number of piperidine rings is 1. The highest BCUT2D eigenvalue weighted by Gasteiger charge is 2.29. The molecular formula is C21H20FN3O3. The molecule has 6 nitrogen and oxygen atoms in total. The molecule has 144 valence electrons. The largest absolute Gasteiger partial charge is 0.496 e. The van der Waals surface area contributed by atoms with Crippen molar-refractivity contribution in [3.63, 3.8) is 0 Å². The molecule has 4 rings (SSSR count). The van der Waals surface area contributed by atoms with Crippen LogP contribution in [0.15, 0.2) is 53.1 Å². The second-order valence-electron chi connectivity index (χ2n) is 6.75. The average molecular weight is 381 g/mol. The lowest BCUT2D eigenvalue weighted by Gasteiger charge is -2.31. The van der Waals surface area contributed by atoms with Crippen molar-refractivity contribution >= 4 is 5.91 Å². The van der Waals surface area contributed by atoms with Crippen LogP contribution in [0.25, 0.3) is 11.4 Å². The van der Waals surface area contributed by atoms with E-state index < -0.39 is 0 Å². The van der Waals surface area contributed by atoms with E-state index >= 15 is 0 Å². The van der Waals surface area contributed by atoms with Crippen LogP contribution in [0, 0.1) is 5.82 Å². The maximum Gasteiger partial charge on any atom is 0.253 e. The number of nitrogens with zero attached hydrogens (tertiary/aromatic N) is 3. The fraction of sp³-hybridized carbons (Fsp3) is 0.286. The molecule has 1 aliphatic rings. The number of amides is 1. The number of hydrogen-bond donors (Lipinski definition) is 0. The monoisotopic (exact) mass is 381 g/mol. The third kappa shape index (κ3) is 3.60. The number of methoxy groups -OCH3 is 1. The molecule has 0 bridgehead atoms. The molecule has 1 aliphatic heterocycles. The number of halogens is 1. The number of ether oxygens (including phenoxy) is 1. The standard InChI is InChI=1S/C21H20FN3O3/c1-27-18-7-3-2-6-17(18)19-23-20(28-24-19)15-5-4-12-25(13-15)21(26)14-8-10-16(22)11-9-14/h2-3,6-11,15H,4-5,12-13H2,1H3/t15-/m0/s1. The minimum Gasteiger partial charge on any atom is -0.496 e. The highest BCUT2D eigenvalue weighted by Crippen LogP contribution is 2.31. The Morgan fingerprint density at radius 2 is 2.00 bits per heavy atom. The van der Waals surface area contributed by atoms with E-state index in [0.717, 1.165) is 18.4 Å². The summed E-state index contributed by atoms with van der Waals surface area (Å²) in [7, 11) is 1.60. The molecule has 1 fully saturated rings. The zero-order valence-electron chi connectivity index (χ0n) is 15.5. The lowest BCUT2D eigenvalue weighted by molar-refractivity contribution is 0.0695. The van der Waals surface area contributed by atoms with Crippen LogP contribution >= 0.6 is 0 Å². The highest BCUT2D eigenvalue weighted by molar-refractivity contribution is 5.94. The molecule has 0 spiro atoms. The Hall–Kier alpha value is -3.22. The first-order valence-electron chi connectivity index (χ1n) is 9.17. The van der Waals surface area contributed by atoms with E-state index in [1.54, 1.807) is 12.0 Å². The van der Waals surface area contributed by atoms with Crippen LogP contribution in [0.3, 0.4) is 0 Å². The zero-order valence-corrected chi connectivity index (χ0v) is 15.5. The lowest BCUT2D eigenvalue weighted by atomic mass is 9.97. The van der Waals surface area contributed by atoms with Crippen LogP contribution < -0.4 is 4.74 Å². The van der Waals surface area contributed by atoms with Crippen molar-refractivity contribution in [1.82, 2.24) is 15.0 Å². The quantitative estimate of drug-likeness (QED) is 0.686. The number of aromatic nitrogens is 2. The topological polar surface area (TPSA) is 68.5 Å². The Labute approximate surface area is 161 Å². The number of carbonyl (C=O) groups is 1. The summed E-state index contributed by atoms with van der Waals surface area (Å²) in [6, 6.07) is 13.1. The SMILES string of the molecule is COc1ccccc1-c1noc([C@H]2CCCN(C(=O)c3ccc(F)cc3)C2)n1. The molecule has 0 N–H and O–H groups in total. The molecule has 1 aromatic heterocycles. The van der Waals surface area contributed by atoms with Crippen LogP contribution in [0.2, 0.25) is 0 Å². The molecule has 3 aromatic rings. The van der Waals surface area contributed by atoms with E-state index in [1.165, 1.54) is 24.3 Å². The van der Waals surface area contributed by atoms with Gasteiger partial charge >= 0.3 is 0 Å². The van der Waals surface area contributed by atoms with E-state index in [2.05, 4.69) is 10.1 Å². The van der Waals surface area contributed by atoms with Crippen LogP contribution in [-0.2, 0) is 0 Å². The molecule has 2 aromatic carbocycles. The normalized spacial score (nSPS) is 16.8. The lowest BCUT2D eigenvalue weighted by Crippen LogP contribution is -2.39. The summed E-state index contributed by atoms with van der Waals surface area (Å²) in [5, 5.41) is 4.10. The molecule has 0 aliphatic carbocycles. The summed E-state index contributed by atoms with van der Waals surface area (Å²) in [5.41, 5.74) is 1.23. The molecule has 0 radical (unpaired) electrons. The first kappa shape index (κ1) is 18.2. The van der Waals surface area contributed by atoms with Gasteiger partial charge in [-0.25, -0.2) is 4.39 Å². The Bertz CT molecular complexity index is 971. The molecular weight excluding hydrogens is 361 g/mol. The molecule has 0 saturated carbocycles. The van der Waals surface area contributed by atoms with Crippen molar-refractivity contribution in [1.29, 1.82) is 0 Å². The predicted molar refractivity (Wildman–Crippen MR) is 101 cm³/mol.